The van der Waals surface area contributed by atoms with E-state index in [1.54, 1.807) is 0 Å². The Balaban J connectivity index is 1.82. The van der Waals surface area contributed by atoms with E-state index in [2.05, 4.69) is 15.4 Å². The molecule has 0 amide bonds. The van der Waals surface area contributed by atoms with Gasteiger partial charge in [-0.15, -0.1) is 5.10 Å². The van der Waals surface area contributed by atoms with E-state index in [1.807, 2.05) is 0 Å². The number of esters is 1. The number of carbonyl (C=O) groups excluding carboxylic acids is 1. The molecular weight excluding hydrogens is 625 g/mol. The highest BCUT2D eigenvalue weighted by Crippen LogP contribution is 2.45. The van der Waals surface area contributed by atoms with Crippen LogP contribution in [0.2, 0.25) is 0 Å². The Morgan fingerprint density at radius 2 is 1.47 bits per heavy atom. The van der Waals surface area contributed by atoms with Crippen LogP contribution in [0.1, 0.15) is 59.1 Å². The SMILES string of the molecule is COC(=O)C1CCC(OC)(c2ccc(C(F)(F)F)cc2CN(Cc2cc(C(F)(F)F)cc(C(F)(F)F)c2)c2nnn(C)n2)CC1. The number of aryl methyl sites for hydroxylation is 1. The molecule has 0 aliphatic heterocycles. The number of anilines is 1. The van der Waals surface area contributed by atoms with Crippen molar-refractivity contribution in [3.05, 3.63) is 69.8 Å². The lowest BCUT2D eigenvalue weighted by Crippen LogP contribution is -2.37. The molecule has 1 aliphatic rings. The second kappa shape index (κ2) is 12.5. The first kappa shape index (κ1) is 34.0. The van der Waals surface area contributed by atoms with Crippen molar-refractivity contribution in [2.45, 2.75) is 62.9 Å². The molecule has 1 aliphatic carbocycles. The number of nitrogens with zero attached hydrogens (tertiary/aromatic N) is 5. The van der Waals surface area contributed by atoms with Crippen molar-refractivity contribution in [1.29, 1.82) is 0 Å². The predicted molar refractivity (Wildman–Crippen MR) is 139 cm³/mol. The number of carbonyl (C=O) groups is 1. The third kappa shape index (κ3) is 7.68. The Kier molecular flexibility index (Phi) is 9.43. The molecule has 0 spiro atoms. The Morgan fingerprint density at radius 3 is 1.93 bits per heavy atom. The van der Waals surface area contributed by atoms with Crippen LogP contribution in [0.5, 0.6) is 0 Å². The molecule has 0 bridgehead atoms. The minimum Gasteiger partial charge on any atom is -0.469 e. The van der Waals surface area contributed by atoms with Crippen LogP contribution in [0.25, 0.3) is 0 Å². The maximum Gasteiger partial charge on any atom is 0.416 e. The second-order valence-corrected chi connectivity index (χ2v) is 10.7. The first-order valence-electron chi connectivity index (χ1n) is 13.5. The zero-order valence-electron chi connectivity index (χ0n) is 24.1. The number of ether oxygens (including phenoxy) is 2. The minimum absolute atomic E-state index is 0.0127. The number of tetrazole rings is 1. The van der Waals surface area contributed by atoms with Crippen LogP contribution in [0, 0.1) is 5.92 Å². The van der Waals surface area contributed by atoms with Crippen LogP contribution in [0.15, 0.2) is 36.4 Å². The summed E-state index contributed by atoms with van der Waals surface area (Å²) < 4.78 is 134. The molecule has 3 aromatic rings. The largest absolute Gasteiger partial charge is 0.469 e. The fourth-order valence-corrected chi connectivity index (χ4v) is 5.55. The highest BCUT2D eigenvalue weighted by molar-refractivity contribution is 5.72. The summed E-state index contributed by atoms with van der Waals surface area (Å²) in [5.74, 6) is -1.15. The zero-order chi connectivity index (χ0) is 33.4. The summed E-state index contributed by atoms with van der Waals surface area (Å²) in [4.78, 5) is 14.2. The summed E-state index contributed by atoms with van der Waals surface area (Å²) in [5.41, 5.74) is -5.45. The standard InChI is InChI=1S/C28H28F9N5O3/c1-41-39-24(38-40-41)42(14-16-10-20(27(32,33)34)13-21(11-16)28(35,36)37)15-18-12-19(26(29,30)31)4-5-22(18)25(45-3)8-6-17(7-9-25)23(43)44-2/h4-5,10-13,17H,6-9,14-15H2,1-3H3. The first-order valence-corrected chi connectivity index (χ1v) is 13.5. The van der Waals surface area contributed by atoms with Crippen LogP contribution in [0.3, 0.4) is 0 Å². The minimum atomic E-state index is -5.12. The van der Waals surface area contributed by atoms with Gasteiger partial charge in [0.25, 0.3) is 5.95 Å². The number of benzene rings is 2. The zero-order valence-corrected chi connectivity index (χ0v) is 24.1. The topological polar surface area (TPSA) is 82.4 Å². The molecule has 1 aromatic heterocycles. The van der Waals surface area contributed by atoms with Gasteiger partial charge < -0.3 is 14.4 Å². The number of hydrogen-bond donors (Lipinski definition) is 0. The molecule has 17 heteroatoms. The van der Waals surface area contributed by atoms with Gasteiger partial charge in [0.15, 0.2) is 0 Å². The van der Waals surface area contributed by atoms with E-state index in [4.69, 9.17) is 9.47 Å². The van der Waals surface area contributed by atoms with Crippen molar-refractivity contribution in [1.82, 2.24) is 20.2 Å². The summed E-state index contributed by atoms with van der Waals surface area (Å²) in [6.45, 7) is -1.13. The van der Waals surface area contributed by atoms with Gasteiger partial charge in [-0.2, -0.15) is 44.3 Å². The van der Waals surface area contributed by atoms with Crippen molar-refractivity contribution >= 4 is 11.9 Å². The lowest BCUT2D eigenvalue weighted by molar-refractivity contribution is -0.150. The quantitative estimate of drug-likeness (QED) is 0.198. The summed E-state index contributed by atoms with van der Waals surface area (Å²) >= 11 is 0. The fraction of sp³-hybridized carbons (Fsp3) is 0.500. The smallest absolute Gasteiger partial charge is 0.416 e. The number of rotatable bonds is 8. The van der Waals surface area contributed by atoms with Crippen LogP contribution >= 0.6 is 0 Å². The monoisotopic (exact) mass is 653 g/mol. The van der Waals surface area contributed by atoms with E-state index in [9.17, 15) is 44.3 Å². The van der Waals surface area contributed by atoms with Gasteiger partial charge in [-0.05, 0) is 77.9 Å². The number of halogens is 9. The van der Waals surface area contributed by atoms with Gasteiger partial charge in [-0.25, -0.2) is 0 Å². The molecular formula is C28H28F9N5O3. The molecule has 1 heterocycles. The second-order valence-electron chi connectivity index (χ2n) is 10.7. The lowest BCUT2D eigenvalue weighted by Gasteiger charge is -2.40. The normalized spacial score (nSPS) is 19.4. The van der Waals surface area contributed by atoms with Crippen molar-refractivity contribution < 1.29 is 53.8 Å². The van der Waals surface area contributed by atoms with Gasteiger partial charge in [0.1, 0.15) is 0 Å². The first-order chi connectivity index (χ1) is 20.9. The molecule has 0 saturated heterocycles. The van der Waals surface area contributed by atoms with Crippen LogP contribution in [-0.4, -0.2) is 40.4 Å². The lowest BCUT2D eigenvalue weighted by atomic mass is 9.73. The van der Waals surface area contributed by atoms with Crippen LogP contribution in [-0.2, 0) is 58.5 Å². The maximum absolute atomic E-state index is 13.9. The molecule has 2 aromatic carbocycles. The molecule has 8 nitrogen and oxygen atoms in total. The van der Waals surface area contributed by atoms with Crippen LogP contribution in [0.4, 0.5) is 45.5 Å². The molecule has 45 heavy (non-hydrogen) atoms. The van der Waals surface area contributed by atoms with E-state index in [0.717, 1.165) is 21.8 Å². The number of hydrogen-bond acceptors (Lipinski definition) is 7. The highest BCUT2D eigenvalue weighted by Gasteiger charge is 2.42. The molecule has 0 atom stereocenters. The fourth-order valence-electron chi connectivity index (χ4n) is 5.55. The predicted octanol–water partition coefficient (Wildman–Crippen LogP) is 6.68. The third-order valence-electron chi connectivity index (χ3n) is 7.80. The summed E-state index contributed by atoms with van der Waals surface area (Å²) in [7, 11) is 3.96. The Hall–Kier alpha value is -3.89. The average Bonchev–Trinajstić information content (AvgIpc) is 3.41. The molecule has 0 unspecified atom stereocenters. The van der Waals surface area contributed by atoms with Crippen molar-refractivity contribution in [2.75, 3.05) is 19.1 Å². The number of alkyl halides is 9. The van der Waals surface area contributed by atoms with Gasteiger partial charge >= 0.3 is 24.5 Å². The summed E-state index contributed by atoms with van der Waals surface area (Å²) in [6.07, 6.45) is -14.0. The molecule has 1 fully saturated rings. The van der Waals surface area contributed by atoms with E-state index in [1.165, 1.54) is 27.3 Å². The van der Waals surface area contributed by atoms with E-state index < -0.39 is 71.4 Å². The van der Waals surface area contributed by atoms with Crippen LogP contribution < -0.4 is 4.90 Å². The molecule has 0 radical (unpaired) electrons. The molecule has 4 rings (SSSR count). The molecule has 0 N–H and O–H groups in total. The van der Waals surface area contributed by atoms with Crippen molar-refractivity contribution in [3.8, 4) is 0 Å². The number of aromatic nitrogens is 4. The third-order valence-corrected chi connectivity index (χ3v) is 7.80. The van der Waals surface area contributed by atoms with Gasteiger partial charge in [0, 0.05) is 20.2 Å². The Bertz CT molecular complexity index is 1480. The summed E-state index contributed by atoms with van der Waals surface area (Å²) in [6, 6.07) is 3.96. The molecule has 1 saturated carbocycles. The van der Waals surface area contributed by atoms with E-state index >= 15 is 0 Å². The molecule has 246 valence electrons. The van der Waals surface area contributed by atoms with E-state index in [-0.39, 0.29) is 30.4 Å². The summed E-state index contributed by atoms with van der Waals surface area (Å²) in [5, 5.41) is 11.5. The highest BCUT2D eigenvalue weighted by atomic mass is 19.4. The van der Waals surface area contributed by atoms with Crippen molar-refractivity contribution in [2.24, 2.45) is 13.0 Å². The van der Waals surface area contributed by atoms with Crippen molar-refractivity contribution in [3.63, 3.8) is 0 Å². The van der Waals surface area contributed by atoms with E-state index in [0.29, 0.717) is 30.5 Å². The number of methoxy groups -OCH3 is 2. The van der Waals surface area contributed by atoms with Gasteiger partial charge in [0.2, 0.25) is 0 Å². The van der Waals surface area contributed by atoms with Gasteiger partial charge in [0.05, 0.1) is 42.4 Å². The van der Waals surface area contributed by atoms with Gasteiger partial charge in [-0.1, -0.05) is 11.2 Å². The average molecular weight is 654 g/mol. The maximum atomic E-state index is 13.9. The Labute approximate surface area is 251 Å². The van der Waals surface area contributed by atoms with Gasteiger partial charge in [-0.3, -0.25) is 4.79 Å². The Morgan fingerprint density at radius 1 is 0.889 bits per heavy atom.